The van der Waals surface area contributed by atoms with E-state index in [0.29, 0.717) is 15.8 Å². The number of carbonyl (C=O) groups is 1. The summed E-state index contributed by atoms with van der Waals surface area (Å²) in [4.78, 5) is 12.8. The zero-order chi connectivity index (χ0) is 15.2. The molecule has 0 aliphatic heterocycles. The highest BCUT2D eigenvalue weighted by atomic mass is 35.5. The van der Waals surface area contributed by atoms with Gasteiger partial charge in [-0.3, -0.25) is 9.69 Å². The second-order valence-electron chi connectivity index (χ2n) is 4.94. The van der Waals surface area contributed by atoms with Crippen LogP contribution in [0.1, 0.15) is 32.1 Å². The molecule has 0 N–H and O–H groups in total. The highest BCUT2D eigenvalue weighted by molar-refractivity contribution is 6.35. The first-order valence-electron chi connectivity index (χ1n) is 6.83. The van der Waals surface area contributed by atoms with Crippen LogP contribution in [0.5, 0.6) is 5.75 Å². The Hall–Kier alpha value is -0.900. The van der Waals surface area contributed by atoms with Crippen LogP contribution in [0.15, 0.2) is 29.6 Å². The average molecular weight is 349 g/mol. The minimum absolute atomic E-state index is 0.143. The first-order chi connectivity index (χ1) is 10.1. The van der Waals surface area contributed by atoms with Gasteiger partial charge in [-0.05, 0) is 31.0 Å². The average Bonchev–Trinajstić information content (AvgIpc) is 2.48. The van der Waals surface area contributed by atoms with Crippen molar-refractivity contribution in [1.29, 1.82) is 0 Å². The lowest BCUT2D eigenvalue weighted by Gasteiger charge is -2.30. The van der Waals surface area contributed by atoms with Gasteiger partial charge in [0.1, 0.15) is 17.2 Å². The number of benzene rings is 1. The van der Waals surface area contributed by atoms with Crippen LogP contribution in [0, 0.1) is 0 Å². The van der Waals surface area contributed by atoms with Gasteiger partial charge < -0.3 is 4.74 Å². The van der Waals surface area contributed by atoms with Gasteiger partial charge in [-0.25, -0.2) is 0 Å². The molecule has 1 aliphatic carbocycles. The molecule has 21 heavy (non-hydrogen) atoms. The topological polar surface area (TPSA) is 29.5 Å². The molecule has 0 spiro atoms. The second-order valence-corrected chi connectivity index (χ2v) is 6.17. The number of ether oxygens (including phenoxy) is 1. The van der Waals surface area contributed by atoms with Crippen LogP contribution in [0.25, 0.3) is 0 Å². The van der Waals surface area contributed by atoms with Crippen molar-refractivity contribution >= 4 is 41.2 Å². The molecular formula is C15H16Cl3NO2. The van der Waals surface area contributed by atoms with Crippen molar-refractivity contribution in [3.05, 3.63) is 39.7 Å². The SMILES string of the molecule is O=CN(C(Cl)=COc1ccc(Cl)cc1Cl)C1CCCCC1. The number of rotatable bonds is 5. The van der Waals surface area contributed by atoms with Gasteiger partial charge in [0, 0.05) is 11.1 Å². The van der Waals surface area contributed by atoms with E-state index in [1.807, 2.05) is 0 Å². The van der Waals surface area contributed by atoms with Crippen molar-refractivity contribution in [2.45, 2.75) is 38.1 Å². The Labute approximate surface area is 139 Å². The van der Waals surface area contributed by atoms with Gasteiger partial charge in [-0.15, -0.1) is 0 Å². The molecule has 0 saturated heterocycles. The van der Waals surface area contributed by atoms with Crippen LogP contribution in [-0.2, 0) is 4.79 Å². The van der Waals surface area contributed by atoms with Crippen molar-refractivity contribution in [1.82, 2.24) is 4.90 Å². The summed E-state index contributed by atoms with van der Waals surface area (Å²) in [6.07, 6.45) is 7.45. The molecule has 1 fully saturated rings. The third kappa shape index (κ3) is 4.53. The van der Waals surface area contributed by atoms with E-state index in [-0.39, 0.29) is 11.2 Å². The fourth-order valence-corrected chi connectivity index (χ4v) is 3.09. The van der Waals surface area contributed by atoms with Crippen molar-refractivity contribution < 1.29 is 9.53 Å². The predicted molar refractivity (Wildman–Crippen MR) is 85.8 cm³/mol. The standard InChI is InChI=1S/C15H16Cl3NO2/c16-11-6-7-14(13(17)8-11)21-9-15(18)19(10-20)12-4-2-1-3-5-12/h6-10,12H,1-5H2. The molecule has 1 saturated carbocycles. The third-order valence-corrected chi connectivity index (χ3v) is 4.32. The third-order valence-electron chi connectivity index (χ3n) is 3.51. The summed E-state index contributed by atoms with van der Waals surface area (Å²) in [5, 5.41) is 1.17. The zero-order valence-corrected chi connectivity index (χ0v) is 13.7. The van der Waals surface area contributed by atoms with Crippen LogP contribution in [0.2, 0.25) is 10.0 Å². The maximum Gasteiger partial charge on any atom is 0.215 e. The molecule has 1 aliphatic rings. The Morgan fingerprint density at radius 2 is 1.95 bits per heavy atom. The molecule has 6 heteroatoms. The van der Waals surface area contributed by atoms with Crippen LogP contribution in [0.3, 0.4) is 0 Å². The van der Waals surface area contributed by atoms with Gasteiger partial charge in [0.05, 0.1) is 5.02 Å². The van der Waals surface area contributed by atoms with Crippen LogP contribution in [0.4, 0.5) is 0 Å². The van der Waals surface area contributed by atoms with Gasteiger partial charge in [-0.1, -0.05) is 54.1 Å². The van der Waals surface area contributed by atoms with Crippen LogP contribution in [-0.4, -0.2) is 17.4 Å². The Bertz CT molecular complexity index is 528. The number of hydrogen-bond donors (Lipinski definition) is 0. The molecule has 0 heterocycles. The molecule has 114 valence electrons. The lowest BCUT2D eigenvalue weighted by atomic mass is 9.95. The molecule has 0 atom stereocenters. The minimum Gasteiger partial charge on any atom is -0.460 e. The normalized spacial score (nSPS) is 16.6. The van der Waals surface area contributed by atoms with Crippen molar-refractivity contribution in [3.63, 3.8) is 0 Å². The quantitative estimate of drug-likeness (QED) is 0.416. The van der Waals surface area contributed by atoms with E-state index in [2.05, 4.69) is 0 Å². The largest absolute Gasteiger partial charge is 0.460 e. The Morgan fingerprint density at radius 1 is 1.24 bits per heavy atom. The number of carbonyl (C=O) groups excluding carboxylic acids is 1. The molecule has 0 unspecified atom stereocenters. The first-order valence-corrected chi connectivity index (χ1v) is 7.96. The van der Waals surface area contributed by atoms with Gasteiger partial charge in [0.25, 0.3) is 0 Å². The second kappa shape index (κ2) is 7.92. The number of nitrogens with zero attached hydrogens (tertiary/aromatic N) is 1. The Balaban J connectivity index is 2.05. The molecule has 3 nitrogen and oxygen atoms in total. The maximum atomic E-state index is 11.3. The summed E-state index contributed by atoms with van der Waals surface area (Å²) in [5.41, 5.74) is 0. The predicted octanol–water partition coefficient (Wildman–Crippen LogP) is 5.20. The minimum atomic E-state index is 0.143. The lowest BCUT2D eigenvalue weighted by Crippen LogP contribution is -2.33. The number of halogens is 3. The highest BCUT2D eigenvalue weighted by Gasteiger charge is 2.22. The van der Waals surface area contributed by atoms with Gasteiger partial charge in [-0.2, -0.15) is 0 Å². The van der Waals surface area contributed by atoms with E-state index < -0.39 is 0 Å². The van der Waals surface area contributed by atoms with E-state index in [1.165, 1.54) is 17.6 Å². The van der Waals surface area contributed by atoms with Crippen molar-refractivity contribution in [2.24, 2.45) is 0 Å². The molecule has 1 amide bonds. The molecule has 2 rings (SSSR count). The zero-order valence-electron chi connectivity index (χ0n) is 11.4. The first kappa shape index (κ1) is 16.5. The fourth-order valence-electron chi connectivity index (χ4n) is 2.41. The van der Waals surface area contributed by atoms with E-state index >= 15 is 0 Å². The van der Waals surface area contributed by atoms with Crippen LogP contribution >= 0.6 is 34.8 Å². The summed E-state index contributed by atoms with van der Waals surface area (Å²) in [6.45, 7) is 0. The van der Waals surface area contributed by atoms with Crippen LogP contribution < -0.4 is 4.74 Å². The summed E-state index contributed by atoms with van der Waals surface area (Å²) < 4.78 is 5.44. The smallest absolute Gasteiger partial charge is 0.215 e. The molecule has 1 aromatic carbocycles. The van der Waals surface area contributed by atoms with E-state index in [0.717, 1.165) is 32.1 Å². The monoisotopic (exact) mass is 347 g/mol. The summed E-state index contributed by atoms with van der Waals surface area (Å²) in [6, 6.07) is 5.04. The van der Waals surface area contributed by atoms with Crippen molar-refractivity contribution in [3.8, 4) is 5.75 Å². The fraction of sp³-hybridized carbons (Fsp3) is 0.400. The van der Waals surface area contributed by atoms with Gasteiger partial charge in [0.2, 0.25) is 6.41 Å². The molecular weight excluding hydrogens is 333 g/mol. The van der Waals surface area contributed by atoms with Crippen molar-refractivity contribution in [2.75, 3.05) is 0 Å². The van der Waals surface area contributed by atoms with E-state index in [1.54, 1.807) is 18.2 Å². The lowest BCUT2D eigenvalue weighted by molar-refractivity contribution is -0.118. The van der Waals surface area contributed by atoms with Gasteiger partial charge >= 0.3 is 0 Å². The summed E-state index contributed by atoms with van der Waals surface area (Å²) in [7, 11) is 0. The number of amides is 1. The maximum absolute atomic E-state index is 11.3. The summed E-state index contributed by atoms with van der Waals surface area (Å²) in [5.74, 6) is 0.439. The Morgan fingerprint density at radius 3 is 2.57 bits per heavy atom. The van der Waals surface area contributed by atoms with E-state index in [4.69, 9.17) is 39.5 Å². The Kier molecular flexibility index (Phi) is 6.22. The van der Waals surface area contributed by atoms with E-state index in [9.17, 15) is 4.79 Å². The molecule has 0 aromatic heterocycles. The molecule has 1 aromatic rings. The summed E-state index contributed by atoms with van der Waals surface area (Å²) >= 11 is 18.0. The number of hydrogen-bond acceptors (Lipinski definition) is 2. The molecule has 0 radical (unpaired) electrons. The molecule has 0 bridgehead atoms. The van der Waals surface area contributed by atoms with Gasteiger partial charge in [0.15, 0.2) is 0 Å². The highest BCUT2D eigenvalue weighted by Crippen LogP contribution is 2.29.